The Morgan fingerprint density at radius 2 is 1.47 bits per heavy atom. The van der Waals surface area contributed by atoms with Crippen molar-refractivity contribution in [2.45, 2.75) is 52.1 Å². The van der Waals surface area contributed by atoms with Gasteiger partial charge >= 0.3 is 6.18 Å². The van der Waals surface area contributed by atoms with E-state index in [1.165, 1.54) is 6.92 Å². The summed E-state index contributed by atoms with van der Waals surface area (Å²) >= 11 is 0. The van der Waals surface area contributed by atoms with Gasteiger partial charge in [-0.3, -0.25) is 4.39 Å². The van der Waals surface area contributed by atoms with Crippen LogP contribution >= 0.6 is 0 Å². The summed E-state index contributed by atoms with van der Waals surface area (Å²) in [4.78, 5) is 0. The van der Waals surface area contributed by atoms with Crippen molar-refractivity contribution in [3.8, 4) is 0 Å². The maximum absolute atomic E-state index is 12.3. The molecule has 0 aromatic rings. The molecule has 0 saturated carbocycles. The van der Waals surface area contributed by atoms with Crippen LogP contribution in [0.1, 0.15) is 46.0 Å². The van der Waals surface area contributed by atoms with Gasteiger partial charge in [-0.15, -0.1) is 0 Å². The Bertz CT molecular complexity index is 153. The highest BCUT2D eigenvalue weighted by atomic mass is 19.4. The van der Waals surface area contributed by atoms with Crippen molar-refractivity contribution in [1.29, 1.82) is 0 Å². The Hall–Kier alpha value is -0.280. The van der Waals surface area contributed by atoms with E-state index in [1.54, 1.807) is 6.92 Å². The molecule has 15 heavy (non-hydrogen) atoms. The lowest BCUT2D eigenvalue weighted by Crippen LogP contribution is -2.26. The molecule has 0 nitrogen and oxygen atoms in total. The molecule has 0 spiro atoms. The zero-order valence-corrected chi connectivity index (χ0v) is 9.41. The molecule has 0 rings (SSSR count). The second-order valence-electron chi connectivity index (χ2n) is 4.20. The number of rotatable bonds is 7. The van der Waals surface area contributed by atoms with Crippen LogP contribution in [-0.2, 0) is 0 Å². The van der Waals surface area contributed by atoms with E-state index in [9.17, 15) is 17.6 Å². The third-order valence-electron chi connectivity index (χ3n) is 2.91. The largest absolute Gasteiger partial charge is 0.391 e. The molecule has 0 N–H and O–H groups in total. The molecule has 2 unspecified atom stereocenters. The first-order valence-corrected chi connectivity index (χ1v) is 5.52. The van der Waals surface area contributed by atoms with E-state index in [0.717, 1.165) is 19.3 Å². The van der Waals surface area contributed by atoms with E-state index in [-0.39, 0.29) is 12.6 Å². The van der Waals surface area contributed by atoms with E-state index in [2.05, 4.69) is 0 Å². The smallest absolute Gasteiger partial charge is 0.251 e. The molecule has 0 aliphatic rings. The number of unbranched alkanes of at least 4 members (excludes halogenated alkanes) is 3. The van der Waals surface area contributed by atoms with Gasteiger partial charge < -0.3 is 0 Å². The van der Waals surface area contributed by atoms with Gasteiger partial charge in [0.25, 0.3) is 0 Å². The Kier molecular flexibility index (Phi) is 6.94. The minimum atomic E-state index is -4.08. The fourth-order valence-electron chi connectivity index (χ4n) is 1.49. The average molecular weight is 228 g/mol. The molecule has 0 saturated heterocycles. The van der Waals surface area contributed by atoms with E-state index in [1.807, 2.05) is 0 Å². The van der Waals surface area contributed by atoms with Gasteiger partial charge in [-0.05, 0) is 12.3 Å². The Balaban J connectivity index is 3.60. The molecular weight excluding hydrogens is 208 g/mol. The van der Waals surface area contributed by atoms with Crippen LogP contribution in [0.5, 0.6) is 0 Å². The maximum atomic E-state index is 12.3. The van der Waals surface area contributed by atoms with Crippen molar-refractivity contribution in [3.63, 3.8) is 0 Å². The fraction of sp³-hybridized carbons (Fsp3) is 1.00. The third kappa shape index (κ3) is 6.74. The summed E-state index contributed by atoms with van der Waals surface area (Å²) in [7, 11) is 0. The molecule has 4 heteroatoms. The van der Waals surface area contributed by atoms with Gasteiger partial charge in [0.05, 0.1) is 12.6 Å². The summed E-state index contributed by atoms with van der Waals surface area (Å²) in [5, 5.41) is 0. The molecule has 92 valence electrons. The van der Waals surface area contributed by atoms with Crippen molar-refractivity contribution in [3.05, 3.63) is 0 Å². The predicted molar refractivity (Wildman–Crippen MR) is 53.4 cm³/mol. The zero-order chi connectivity index (χ0) is 11.9. The van der Waals surface area contributed by atoms with Crippen molar-refractivity contribution >= 4 is 0 Å². The van der Waals surface area contributed by atoms with E-state index in [0.29, 0.717) is 12.8 Å². The van der Waals surface area contributed by atoms with Gasteiger partial charge in [0.15, 0.2) is 0 Å². The molecule has 0 bridgehead atoms. The third-order valence-corrected chi connectivity index (χ3v) is 2.91. The normalized spacial score (nSPS) is 16.4. The standard InChI is InChI=1S/C11H20F4/c1-9(10(2)11(13,14)15)7-5-3-4-6-8-12/h9-10H,3-8H2,1-2H3. The second kappa shape index (κ2) is 7.07. The Morgan fingerprint density at radius 1 is 0.933 bits per heavy atom. The molecule has 0 fully saturated rings. The highest BCUT2D eigenvalue weighted by molar-refractivity contribution is 4.69. The summed E-state index contributed by atoms with van der Waals surface area (Å²) in [6.45, 7) is 2.54. The van der Waals surface area contributed by atoms with E-state index < -0.39 is 12.1 Å². The van der Waals surface area contributed by atoms with Crippen molar-refractivity contribution < 1.29 is 17.6 Å². The number of hydrogen-bond donors (Lipinski definition) is 0. The molecule has 0 amide bonds. The lowest BCUT2D eigenvalue weighted by atomic mass is 9.90. The Morgan fingerprint density at radius 3 is 1.93 bits per heavy atom. The number of halogens is 4. The molecule has 0 radical (unpaired) electrons. The van der Waals surface area contributed by atoms with Crippen molar-refractivity contribution in [1.82, 2.24) is 0 Å². The highest BCUT2D eigenvalue weighted by Gasteiger charge is 2.38. The minimum absolute atomic E-state index is 0.325. The lowest BCUT2D eigenvalue weighted by Gasteiger charge is -2.22. The van der Waals surface area contributed by atoms with Gasteiger partial charge in [0, 0.05) is 0 Å². The van der Waals surface area contributed by atoms with Crippen LogP contribution in [0.15, 0.2) is 0 Å². The molecule has 0 heterocycles. The summed E-state index contributed by atoms with van der Waals surface area (Å²) in [5.41, 5.74) is 0. The molecule has 0 aliphatic heterocycles. The van der Waals surface area contributed by atoms with Gasteiger partial charge in [-0.2, -0.15) is 13.2 Å². The fourth-order valence-corrected chi connectivity index (χ4v) is 1.49. The van der Waals surface area contributed by atoms with Gasteiger partial charge in [-0.25, -0.2) is 0 Å². The second-order valence-corrected chi connectivity index (χ2v) is 4.20. The van der Waals surface area contributed by atoms with Gasteiger partial charge in [-0.1, -0.05) is 39.5 Å². The van der Waals surface area contributed by atoms with Crippen LogP contribution in [0.3, 0.4) is 0 Å². The topological polar surface area (TPSA) is 0 Å². The molecular formula is C11H20F4. The van der Waals surface area contributed by atoms with E-state index in [4.69, 9.17) is 0 Å². The van der Waals surface area contributed by atoms with Crippen molar-refractivity contribution in [2.24, 2.45) is 11.8 Å². The molecule has 0 aromatic heterocycles. The molecule has 2 atom stereocenters. The van der Waals surface area contributed by atoms with E-state index >= 15 is 0 Å². The first-order chi connectivity index (χ1) is 6.89. The van der Waals surface area contributed by atoms with Crippen LogP contribution in [0, 0.1) is 11.8 Å². The summed E-state index contributed by atoms with van der Waals surface area (Å²) in [5.74, 6) is -1.57. The lowest BCUT2D eigenvalue weighted by molar-refractivity contribution is -0.182. The first-order valence-electron chi connectivity index (χ1n) is 5.52. The number of alkyl halides is 4. The van der Waals surface area contributed by atoms with Crippen LogP contribution < -0.4 is 0 Å². The minimum Gasteiger partial charge on any atom is -0.251 e. The molecule has 0 aliphatic carbocycles. The van der Waals surface area contributed by atoms with Crippen LogP contribution in [-0.4, -0.2) is 12.9 Å². The number of hydrogen-bond acceptors (Lipinski definition) is 0. The van der Waals surface area contributed by atoms with Gasteiger partial charge in [0.1, 0.15) is 0 Å². The maximum Gasteiger partial charge on any atom is 0.391 e. The van der Waals surface area contributed by atoms with Crippen LogP contribution in [0.4, 0.5) is 17.6 Å². The SMILES string of the molecule is CC(CCCCCCF)C(C)C(F)(F)F. The van der Waals surface area contributed by atoms with Crippen LogP contribution in [0.25, 0.3) is 0 Å². The Labute approximate surface area is 89.1 Å². The van der Waals surface area contributed by atoms with Gasteiger partial charge in [0.2, 0.25) is 0 Å². The summed E-state index contributed by atoms with van der Waals surface area (Å²) in [6, 6.07) is 0. The molecule has 0 aromatic carbocycles. The first kappa shape index (κ1) is 14.7. The predicted octanol–water partition coefficient (Wildman–Crippen LogP) is 4.74. The quantitative estimate of drug-likeness (QED) is 0.436. The summed E-state index contributed by atoms with van der Waals surface area (Å²) in [6.07, 6.45) is -0.599. The zero-order valence-electron chi connectivity index (χ0n) is 9.41. The highest BCUT2D eigenvalue weighted by Crippen LogP contribution is 2.33. The average Bonchev–Trinajstić information content (AvgIpc) is 2.14. The monoisotopic (exact) mass is 228 g/mol. The summed E-state index contributed by atoms with van der Waals surface area (Å²) < 4.78 is 48.6. The van der Waals surface area contributed by atoms with Crippen molar-refractivity contribution in [2.75, 3.05) is 6.67 Å². The van der Waals surface area contributed by atoms with Crippen LogP contribution in [0.2, 0.25) is 0 Å².